The Balaban J connectivity index is 2.55. The second-order valence-corrected chi connectivity index (χ2v) is 7.29. The van der Waals surface area contributed by atoms with Crippen LogP contribution in [0.15, 0.2) is 29.2 Å². The van der Waals surface area contributed by atoms with Crippen molar-refractivity contribution in [3.63, 3.8) is 0 Å². The monoisotopic (exact) mass is 299 g/mol. The van der Waals surface area contributed by atoms with Crippen molar-refractivity contribution in [1.82, 2.24) is 10.0 Å². The highest BCUT2D eigenvalue weighted by Gasteiger charge is 2.16. The minimum absolute atomic E-state index is 0.0407. The van der Waals surface area contributed by atoms with E-state index in [9.17, 15) is 13.2 Å². The summed E-state index contributed by atoms with van der Waals surface area (Å²) < 4.78 is 26.3. The first-order chi connectivity index (χ1) is 9.10. The molecule has 1 rings (SSSR count). The number of nitrogen functional groups attached to an aromatic ring is 1. The molecule has 0 aromatic heterocycles. The summed E-state index contributed by atoms with van der Waals surface area (Å²) in [5, 5.41) is 2.76. The number of anilines is 1. The van der Waals surface area contributed by atoms with Gasteiger partial charge in [-0.05, 0) is 39.0 Å². The van der Waals surface area contributed by atoms with Crippen molar-refractivity contribution >= 4 is 21.6 Å². The molecule has 0 bridgehead atoms. The maximum absolute atomic E-state index is 12.0. The van der Waals surface area contributed by atoms with E-state index in [2.05, 4.69) is 10.0 Å². The zero-order valence-electron chi connectivity index (χ0n) is 11.9. The Labute approximate surface area is 119 Å². The SMILES string of the molecule is CC(C)(C)NC(=O)CCNS(=O)(=O)c1cccc(N)c1. The van der Waals surface area contributed by atoms with Crippen LogP contribution in [0.3, 0.4) is 0 Å². The fourth-order valence-electron chi connectivity index (χ4n) is 1.54. The second-order valence-electron chi connectivity index (χ2n) is 5.52. The minimum atomic E-state index is -3.63. The topological polar surface area (TPSA) is 101 Å². The van der Waals surface area contributed by atoms with Gasteiger partial charge in [-0.1, -0.05) is 6.07 Å². The molecular weight excluding hydrogens is 278 g/mol. The zero-order valence-corrected chi connectivity index (χ0v) is 12.8. The number of hydrogen-bond donors (Lipinski definition) is 3. The van der Waals surface area contributed by atoms with Gasteiger partial charge in [0.05, 0.1) is 4.90 Å². The Kier molecular flexibility index (Phi) is 5.13. The van der Waals surface area contributed by atoms with Crippen molar-refractivity contribution in [3.8, 4) is 0 Å². The average molecular weight is 299 g/mol. The lowest BCUT2D eigenvalue weighted by Crippen LogP contribution is -2.41. The van der Waals surface area contributed by atoms with Crippen LogP contribution in [0.25, 0.3) is 0 Å². The van der Waals surface area contributed by atoms with Crippen LogP contribution in [-0.4, -0.2) is 26.4 Å². The molecule has 7 heteroatoms. The number of benzene rings is 1. The van der Waals surface area contributed by atoms with Gasteiger partial charge in [0.25, 0.3) is 0 Å². The number of nitrogens with two attached hydrogens (primary N) is 1. The molecule has 0 unspecified atom stereocenters. The van der Waals surface area contributed by atoms with Crippen LogP contribution in [-0.2, 0) is 14.8 Å². The van der Waals surface area contributed by atoms with Gasteiger partial charge < -0.3 is 11.1 Å². The van der Waals surface area contributed by atoms with Gasteiger partial charge in [0.15, 0.2) is 0 Å². The molecule has 112 valence electrons. The Morgan fingerprint density at radius 1 is 1.30 bits per heavy atom. The van der Waals surface area contributed by atoms with E-state index in [-0.39, 0.29) is 29.3 Å². The second kappa shape index (κ2) is 6.23. The Morgan fingerprint density at radius 2 is 1.95 bits per heavy atom. The smallest absolute Gasteiger partial charge is 0.240 e. The van der Waals surface area contributed by atoms with Gasteiger partial charge in [0.2, 0.25) is 15.9 Å². The lowest BCUT2D eigenvalue weighted by molar-refractivity contribution is -0.122. The van der Waals surface area contributed by atoms with E-state index in [4.69, 9.17) is 5.73 Å². The highest BCUT2D eigenvalue weighted by molar-refractivity contribution is 7.89. The number of carbonyl (C=O) groups excluding carboxylic acids is 1. The largest absolute Gasteiger partial charge is 0.399 e. The van der Waals surface area contributed by atoms with Crippen LogP contribution in [0.2, 0.25) is 0 Å². The number of hydrogen-bond acceptors (Lipinski definition) is 4. The third-order valence-corrected chi connectivity index (χ3v) is 3.79. The van der Waals surface area contributed by atoms with Crippen LogP contribution in [0.4, 0.5) is 5.69 Å². The van der Waals surface area contributed by atoms with Crippen LogP contribution in [0.1, 0.15) is 27.2 Å². The average Bonchev–Trinajstić information content (AvgIpc) is 2.26. The van der Waals surface area contributed by atoms with E-state index in [1.807, 2.05) is 20.8 Å². The lowest BCUT2D eigenvalue weighted by atomic mass is 10.1. The number of sulfonamides is 1. The van der Waals surface area contributed by atoms with Gasteiger partial charge in [0, 0.05) is 24.2 Å². The summed E-state index contributed by atoms with van der Waals surface area (Å²) in [5.41, 5.74) is 5.59. The summed E-state index contributed by atoms with van der Waals surface area (Å²) in [7, 11) is -3.63. The van der Waals surface area contributed by atoms with Crippen LogP contribution < -0.4 is 15.8 Å². The summed E-state index contributed by atoms with van der Waals surface area (Å²) in [4.78, 5) is 11.7. The van der Waals surface area contributed by atoms with Crippen LogP contribution in [0.5, 0.6) is 0 Å². The summed E-state index contributed by atoms with van der Waals surface area (Å²) in [5.74, 6) is -0.201. The van der Waals surface area contributed by atoms with Gasteiger partial charge in [-0.15, -0.1) is 0 Å². The lowest BCUT2D eigenvalue weighted by Gasteiger charge is -2.20. The van der Waals surface area contributed by atoms with E-state index in [1.54, 1.807) is 12.1 Å². The predicted octanol–water partition coefficient (Wildman–Crippen LogP) is 0.852. The van der Waals surface area contributed by atoms with Crippen molar-refractivity contribution in [2.24, 2.45) is 0 Å². The molecule has 0 aliphatic heterocycles. The normalized spacial score (nSPS) is 12.2. The number of rotatable bonds is 5. The molecule has 0 saturated heterocycles. The third kappa shape index (κ3) is 5.58. The summed E-state index contributed by atoms with van der Waals surface area (Å²) in [6.07, 6.45) is 0.0822. The van der Waals surface area contributed by atoms with Gasteiger partial charge in [0.1, 0.15) is 0 Å². The number of amides is 1. The van der Waals surface area contributed by atoms with E-state index in [1.165, 1.54) is 12.1 Å². The Hall–Kier alpha value is -1.60. The Morgan fingerprint density at radius 3 is 2.50 bits per heavy atom. The first-order valence-corrected chi connectivity index (χ1v) is 7.75. The quantitative estimate of drug-likeness (QED) is 0.702. The molecule has 20 heavy (non-hydrogen) atoms. The third-order valence-electron chi connectivity index (χ3n) is 2.33. The Bertz CT molecular complexity index is 577. The fourth-order valence-corrected chi connectivity index (χ4v) is 2.63. The molecule has 4 N–H and O–H groups in total. The van der Waals surface area contributed by atoms with Crippen molar-refractivity contribution in [1.29, 1.82) is 0 Å². The summed E-state index contributed by atoms with van der Waals surface area (Å²) in [6.45, 7) is 5.63. The molecule has 0 heterocycles. The van der Waals surface area contributed by atoms with Gasteiger partial charge in [-0.25, -0.2) is 13.1 Å². The molecule has 0 saturated carbocycles. The highest BCUT2D eigenvalue weighted by Crippen LogP contribution is 2.12. The van der Waals surface area contributed by atoms with E-state index >= 15 is 0 Å². The molecular formula is C13H21N3O3S. The molecule has 0 aliphatic rings. The molecule has 0 spiro atoms. The minimum Gasteiger partial charge on any atom is -0.399 e. The number of carbonyl (C=O) groups is 1. The first-order valence-electron chi connectivity index (χ1n) is 6.26. The molecule has 0 aliphatic carbocycles. The molecule has 0 fully saturated rings. The zero-order chi connectivity index (χ0) is 15.4. The molecule has 0 radical (unpaired) electrons. The van der Waals surface area contributed by atoms with Crippen LogP contribution >= 0.6 is 0 Å². The fraction of sp³-hybridized carbons (Fsp3) is 0.462. The van der Waals surface area contributed by atoms with Gasteiger partial charge in [-0.2, -0.15) is 0 Å². The number of nitrogens with one attached hydrogen (secondary N) is 2. The van der Waals surface area contributed by atoms with Crippen molar-refractivity contribution in [2.75, 3.05) is 12.3 Å². The summed E-state index contributed by atoms with van der Waals surface area (Å²) in [6, 6.07) is 6.00. The summed E-state index contributed by atoms with van der Waals surface area (Å²) >= 11 is 0. The molecule has 1 aromatic rings. The maximum atomic E-state index is 12.0. The van der Waals surface area contributed by atoms with E-state index in [0.29, 0.717) is 5.69 Å². The maximum Gasteiger partial charge on any atom is 0.240 e. The molecule has 6 nitrogen and oxygen atoms in total. The molecule has 1 amide bonds. The van der Waals surface area contributed by atoms with Crippen LogP contribution in [0, 0.1) is 0 Å². The van der Waals surface area contributed by atoms with E-state index < -0.39 is 10.0 Å². The molecule has 0 atom stereocenters. The standard InChI is InChI=1S/C13H21N3O3S/c1-13(2,3)16-12(17)7-8-15-20(18,19)11-6-4-5-10(14)9-11/h4-6,9,15H,7-8,14H2,1-3H3,(H,16,17). The van der Waals surface area contributed by atoms with Crippen molar-refractivity contribution < 1.29 is 13.2 Å². The first kappa shape index (κ1) is 16.5. The van der Waals surface area contributed by atoms with Gasteiger partial charge in [-0.3, -0.25) is 4.79 Å². The van der Waals surface area contributed by atoms with Gasteiger partial charge >= 0.3 is 0 Å². The van der Waals surface area contributed by atoms with Crippen molar-refractivity contribution in [3.05, 3.63) is 24.3 Å². The predicted molar refractivity (Wildman–Crippen MR) is 78.6 cm³/mol. The highest BCUT2D eigenvalue weighted by atomic mass is 32.2. The van der Waals surface area contributed by atoms with Crippen molar-refractivity contribution in [2.45, 2.75) is 37.6 Å². The van der Waals surface area contributed by atoms with E-state index in [0.717, 1.165) is 0 Å². The molecule has 1 aromatic carbocycles.